The smallest absolute Gasteiger partial charge is 1.00 e. The van der Waals surface area contributed by atoms with Crippen LogP contribution in [-0.4, -0.2) is 34.7 Å². The van der Waals surface area contributed by atoms with E-state index in [1.165, 1.54) is 38.5 Å². The van der Waals surface area contributed by atoms with Crippen LogP contribution in [0.3, 0.4) is 0 Å². The van der Waals surface area contributed by atoms with Gasteiger partial charge < -0.3 is 17.0 Å². The second-order valence-electron chi connectivity index (χ2n) is 5.22. The Morgan fingerprint density at radius 3 is 1.90 bits per heavy atom. The Kier molecular flexibility index (Phi) is 19.2. The summed E-state index contributed by atoms with van der Waals surface area (Å²) in [5, 5.41) is 19.8. The third kappa shape index (κ3) is 15.2. The third-order valence-electron chi connectivity index (χ3n) is 3.32. The molecule has 1 amide bonds. The molecule has 0 saturated carbocycles. The molecule has 120 valence electrons. The van der Waals surface area contributed by atoms with E-state index >= 15 is 0 Å². The van der Waals surface area contributed by atoms with Gasteiger partial charge in [-0.15, -0.1) is 0 Å². The van der Waals surface area contributed by atoms with Gasteiger partial charge in [-0.1, -0.05) is 58.3 Å². The van der Waals surface area contributed by atoms with Crippen LogP contribution in [0.1, 0.15) is 72.6 Å². The Balaban J connectivity index is -0.00000180. The van der Waals surface area contributed by atoms with Gasteiger partial charge in [0.25, 0.3) is 0 Å². The van der Waals surface area contributed by atoms with Crippen LogP contribution in [0.15, 0.2) is 0 Å². The molecule has 1 unspecified atom stereocenters. The predicted octanol–water partition coefficient (Wildman–Crippen LogP) is -0.414. The molecule has 0 aliphatic carbocycles. The fraction of sp³-hybridized carbons (Fsp3) is 0.867. The fourth-order valence-electron chi connectivity index (χ4n) is 2.05. The number of unbranched alkanes of at least 4 members (excludes halogenated alkanes) is 8. The first-order valence-corrected chi connectivity index (χ1v) is 7.74. The summed E-state index contributed by atoms with van der Waals surface area (Å²) in [4.78, 5) is 22.1. The van der Waals surface area contributed by atoms with E-state index in [0.717, 1.165) is 19.3 Å². The van der Waals surface area contributed by atoms with E-state index in [9.17, 15) is 9.59 Å². The minimum Gasteiger partial charge on any atom is -1.00 e. The largest absolute Gasteiger partial charge is 1.00 e. The van der Waals surface area contributed by atoms with E-state index < -0.39 is 18.6 Å². The zero-order valence-electron chi connectivity index (χ0n) is 14.6. The molecule has 0 saturated heterocycles. The van der Waals surface area contributed by atoms with Gasteiger partial charge >= 0.3 is 57.4 Å². The van der Waals surface area contributed by atoms with Crippen molar-refractivity contribution in [2.75, 3.05) is 6.61 Å². The number of rotatable bonds is 13. The van der Waals surface area contributed by atoms with Gasteiger partial charge in [-0.2, -0.15) is 0 Å². The Bertz CT molecular complexity index is 280. The number of aliphatic hydroxyl groups is 1. The summed E-state index contributed by atoms with van der Waals surface area (Å²) in [5.41, 5.74) is 0. The van der Waals surface area contributed by atoms with Crippen LogP contribution >= 0.6 is 0 Å². The van der Waals surface area contributed by atoms with Gasteiger partial charge in [-0.3, -0.25) is 4.79 Å². The minimum atomic E-state index is -1.20. The molecular weight excluding hydrogens is 297 g/mol. The summed E-state index contributed by atoms with van der Waals surface area (Å²) >= 11 is 0. The van der Waals surface area contributed by atoms with Crippen LogP contribution in [-0.2, 0) is 9.59 Å². The van der Waals surface area contributed by atoms with Crippen molar-refractivity contribution in [2.45, 2.75) is 77.2 Å². The van der Waals surface area contributed by atoms with Gasteiger partial charge in [-0.25, -0.2) is 4.79 Å². The summed E-state index contributed by atoms with van der Waals surface area (Å²) in [6, 6.07) is -1.18. The monoisotopic (exact) mass is 327 g/mol. The molecule has 0 aliphatic rings. The number of hydrogen-bond acceptors (Lipinski definition) is 3. The van der Waals surface area contributed by atoms with E-state index in [1.807, 2.05) is 0 Å². The molecule has 0 heterocycles. The second kappa shape index (κ2) is 16.9. The molecule has 0 aliphatic heterocycles. The van der Waals surface area contributed by atoms with Crippen LogP contribution in [0.25, 0.3) is 0 Å². The molecule has 6 heteroatoms. The molecule has 0 aromatic carbocycles. The maximum Gasteiger partial charge on any atom is 1.00 e. The normalized spacial score (nSPS) is 11.5. The average molecular weight is 328 g/mol. The van der Waals surface area contributed by atoms with Crippen molar-refractivity contribution in [1.82, 2.24) is 5.32 Å². The minimum absolute atomic E-state index is 0. The standard InChI is InChI=1S/C15H29NO4.K.H/c1-2-3-4-5-6-7-8-9-10-11-14(18)16-13(12-17)15(19)20;;/h13,17H,2-12H2,1H3,(H,16,18)(H,19,20);;/q;+1;-1. The first-order valence-electron chi connectivity index (χ1n) is 7.74. The van der Waals surface area contributed by atoms with Crippen LogP contribution in [0.4, 0.5) is 0 Å². The van der Waals surface area contributed by atoms with Crippen molar-refractivity contribution >= 4 is 11.9 Å². The number of carboxylic acids is 1. The van der Waals surface area contributed by atoms with Gasteiger partial charge in [0.15, 0.2) is 0 Å². The number of carbonyl (C=O) groups is 2. The molecule has 1 atom stereocenters. The quantitative estimate of drug-likeness (QED) is 0.317. The third-order valence-corrected chi connectivity index (χ3v) is 3.32. The number of aliphatic hydroxyl groups excluding tert-OH is 1. The summed E-state index contributed by atoms with van der Waals surface area (Å²) in [6.07, 6.45) is 10.9. The maximum atomic E-state index is 11.4. The van der Waals surface area contributed by atoms with Crippen molar-refractivity contribution in [3.05, 3.63) is 0 Å². The van der Waals surface area contributed by atoms with Gasteiger partial charge in [0.05, 0.1) is 6.61 Å². The molecule has 0 fully saturated rings. The molecule has 5 nitrogen and oxygen atoms in total. The first kappa shape index (κ1) is 23.8. The number of amides is 1. The van der Waals surface area contributed by atoms with Gasteiger partial charge in [0, 0.05) is 6.42 Å². The van der Waals surface area contributed by atoms with E-state index in [0.29, 0.717) is 6.42 Å². The van der Waals surface area contributed by atoms with Gasteiger partial charge in [0.1, 0.15) is 6.04 Å². The van der Waals surface area contributed by atoms with Crippen molar-refractivity contribution in [3.63, 3.8) is 0 Å². The SMILES string of the molecule is CCCCCCCCCCCC(=O)NC(CO)C(=O)O.[H-].[K+]. The molecule has 0 aromatic rings. The van der Waals surface area contributed by atoms with Crippen molar-refractivity contribution in [1.29, 1.82) is 0 Å². The average Bonchev–Trinajstić information content (AvgIpc) is 2.42. The predicted molar refractivity (Wildman–Crippen MR) is 79.6 cm³/mol. The number of hydrogen-bond donors (Lipinski definition) is 3. The Morgan fingerprint density at radius 1 is 1.00 bits per heavy atom. The molecule has 3 N–H and O–H groups in total. The fourth-order valence-corrected chi connectivity index (χ4v) is 2.05. The molecule has 21 heavy (non-hydrogen) atoms. The van der Waals surface area contributed by atoms with Gasteiger partial charge in [0.2, 0.25) is 5.91 Å². The summed E-state index contributed by atoms with van der Waals surface area (Å²) < 4.78 is 0. The summed E-state index contributed by atoms with van der Waals surface area (Å²) in [6.45, 7) is 1.63. The first-order chi connectivity index (χ1) is 9.61. The molecular formula is C15H30KNO4. The van der Waals surface area contributed by atoms with Crippen LogP contribution in [0.2, 0.25) is 0 Å². The zero-order valence-corrected chi connectivity index (χ0v) is 16.7. The summed E-state index contributed by atoms with van der Waals surface area (Å²) in [5.74, 6) is -1.50. The van der Waals surface area contributed by atoms with Crippen molar-refractivity contribution in [2.24, 2.45) is 0 Å². The number of aliphatic carboxylic acids is 1. The zero-order chi connectivity index (χ0) is 15.2. The second-order valence-corrected chi connectivity index (χ2v) is 5.22. The van der Waals surface area contributed by atoms with Gasteiger partial charge in [-0.05, 0) is 6.42 Å². The Morgan fingerprint density at radius 2 is 1.48 bits per heavy atom. The Hall–Kier alpha value is 0.536. The molecule has 0 bridgehead atoms. The van der Waals surface area contributed by atoms with Crippen LogP contribution in [0.5, 0.6) is 0 Å². The van der Waals surface area contributed by atoms with Crippen LogP contribution in [0, 0.1) is 0 Å². The van der Waals surface area contributed by atoms with E-state index in [4.69, 9.17) is 10.2 Å². The number of nitrogens with one attached hydrogen (secondary N) is 1. The van der Waals surface area contributed by atoms with Crippen LogP contribution < -0.4 is 56.7 Å². The topological polar surface area (TPSA) is 86.6 Å². The molecule has 0 spiro atoms. The van der Waals surface area contributed by atoms with Crippen molar-refractivity contribution in [3.8, 4) is 0 Å². The van der Waals surface area contributed by atoms with E-state index in [-0.39, 0.29) is 58.7 Å². The maximum absolute atomic E-state index is 11.4. The van der Waals surface area contributed by atoms with E-state index in [2.05, 4.69) is 12.2 Å². The molecule has 0 aromatic heterocycles. The van der Waals surface area contributed by atoms with Crippen molar-refractivity contribution < 1.29 is 72.6 Å². The molecule has 0 rings (SSSR count). The number of carbonyl (C=O) groups excluding carboxylic acids is 1. The molecule has 0 radical (unpaired) electrons. The summed E-state index contributed by atoms with van der Waals surface area (Å²) in [7, 11) is 0. The number of carboxylic acid groups (broad SMARTS) is 1. The van der Waals surface area contributed by atoms with E-state index in [1.54, 1.807) is 0 Å². The Labute approximate surface area is 172 Å².